The lowest BCUT2D eigenvalue weighted by Crippen LogP contribution is -2.32. The molecule has 3 rings (SSSR count). The number of nitrogens with one attached hydrogen (secondary N) is 3. The molecule has 0 aliphatic carbocycles. The van der Waals surface area contributed by atoms with Crippen molar-refractivity contribution in [3.63, 3.8) is 0 Å². The molecule has 0 spiro atoms. The molecule has 1 aromatic heterocycles. The van der Waals surface area contributed by atoms with Crippen molar-refractivity contribution in [1.82, 2.24) is 15.3 Å². The van der Waals surface area contributed by atoms with Crippen molar-refractivity contribution in [3.05, 3.63) is 21.6 Å². The predicted octanol–water partition coefficient (Wildman–Crippen LogP) is 0.0490. The first-order valence-corrected chi connectivity index (χ1v) is 7.00. The van der Waals surface area contributed by atoms with Gasteiger partial charge in [-0.3, -0.25) is 9.78 Å². The third kappa shape index (κ3) is 2.96. The highest BCUT2D eigenvalue weighted by molar-refractivity contribution is 5.32. The Kier molecular flexibility index (Phi) is 3.79. The normalized spacial score (nSPS) is 23.5. The second kappa shape index (κ2) is 5.71. The van der Waals surface area contributed by atoms with Crippen molar-refractivity contribution in [2.45, 2.75) is 31.7 Å². The van der Waals surface area contributed by atoms with Crippen LogP contribution < -0.4 is 16.2 Å². The van der Waals surface area contributed by atoms with Crippen LogP contribution in [0, 0.1) is 0 Å². The highest BCUT2D eigenvalue weighted by Crippen LogP contribution is 2.12. The summed E-state index contributed by atoms with van der Waals surface area (Å²) < 4.78 is 5.42. The van der Waals surface area contributed by atoms with E-state index in [2.05, 4.69) is 20.6 Å². The first kappa shape index (κ1) is 12.6. The Bertz CT molecular complexity index is 494. The Morgan fingerprint density at radius 2 is 2.21 bits per heavy atom. The molecule has 1 atom stereocenters. The van der Waals surface area contributed by atoms with E-state index in [1.165, 1.54) is 0 Å². The summed E-state index contributed by atoms with van der Waals surface area (Å²) in [6.07, 6.45) is 3.68. The molecule has 0 saturated carbocycles. The van der Waals surface area contributed by atoms with Crippen molar-refractivity contribution >= 4 is 5.95 Å². The highest BCUT2D eigenvalue weighted by Gasteiger charge is 2.17. The number of aromatic amines is 1. The van der Waals surface area contributed by atoms with E-state index in [-0.39, 0.29) is 11.6 Å². The molecule has 6 nitrogen and oxygen atoms in total. The average Bonchev–Trinajstić information content (AvgIpc) is 2.65. The fourth-order valence-electron chi connectivity index (χ4n) is 2.67. The quantitative estimate of drug-likeness (QED) is 0.703. The topological polar surface area (TPSA) is 79.0 Å². The summed E-state index contributed by atoms with van der Waals surface area (Å²) >= 11 is 0. The molecular weight excluding hydrogens is 244 g/mol. The third-order valence-electron chi connectivity index (χ3n) is 3.69. The summed E-state index contributed by atoms with van der Waals surface area (Å²) in [5.41, 5.74) is 1.75. The van der Waals surface area contributed by atoms with Crippen LogP contribution in [-0.4, -0.2) is 42.3 Å². The monoisotopic (exact) mass is 264 g/mol. The average molecular weight is 264 g/mol. The first-order chi connectivity index (χ1) is 9.33. The zero-order chi connectivity index (χ0) is 13.1. The maximum Gasteiger partial charge on any atom is 0.255 e. The smallest absolute Gasteiger partial charge is 0.255 e. The van der Waals surface area contributed by atoms with Crippen LogP contribution in [0.15, 0.2) is 4.79 Å². The van der Waals surface area contributed by atoms with Crippen LogP contribution in [0.25, 0.3) is 0 Å². The summed E-state index contributed by atoms with van der Waals surface area (Å²) in [7, 11) is 0. The highest BCUT2D eigenvalue weighted by atomic mass is 16.5. The van der Waals surface area contributed by atoms with Gasteiger partial charge in [-0.15, -0.1) is 0 Å². The molecule has 0 bridgehead atoms. The molecule has 0 radical (unpaired) electrons. The Balaban J connectivity index is 1.80. The van der Waals surface area contributed by atoms with Crippen LogP contribution in [-0.2, 0) is 17.6 Å². The number of aromatic nitrogens is 2. The van der Waals surface area contributed by atoms with Gasteiger partial charge in [-0.05, 0) is 25.8 Å². The van der Waals surface area contributed by atoms with Gasteiger partial charge in [0.1, 0.15) is 0 Å². The maximum absolute atomic E-state index is 12.1. The minimum atomic E-state index is -0.00655. The van der Waals surface area contributed by atoms with Gasteiger partial charge in [-0.1, -0.05) is 0 Å². The fraction of sp³-hybridized carbons (Fsp3) is 0.692. The lowest BCUT2D eigenvalue weighted by atomic mass is 10.1. The number of H-pyrrole nitrogens is 1. The van der Waals surface area contributed by atoms with Crippen molar-refractivity contribution in [2.24, 2.45) is 0 Å². The second-order valence-corrected chi connectivity index (χ2v) is 5.15. The molecule has 104 valence electrons. The summed E-state index contributed by atoms with van der Waals surface area (Å²) in [4.78, 5) is 19.5. The predicted molar refractivity (Wildman–Crippen MR) is 72.6 cm³/mol. The molecule has 1 fully saturated rings. The Morgan fingerprint density at radius 1 is 1.32 bits per heavy atom. The minimum absolute atomic E-state index is 0.00655. The van der Waals surface area contributed by atoms with Crippen LogP contribution >= 0.6 is 0 Å². The van der Waals surface area contributed by atoms with E-state index < -0.39 is 0 Å². The van der Waals surface area contributed by atoms with Gasteiger partial charge in [0.05, 0.1) is 18.3 Å². The molecule has 1 unspecified atom stereocenters. The van der Waals surface area contributed by atoms with Crippen molar-refractivity contribution in [1.29, 1.82) is 0 Å². The van der Waals surface area contributed by atoms with Gasteiger partial charge in [0.15, 0.2) is 0 Å². The Hall–Kier alpha value is -1.40. The molecular formula is C13H20N4O2. The van der Waals surface area contributed by atoms with Gasteiger partial charge in [-0.25, -0.2) is 4.98 Å². The molecule has 3 N–H and O–H groups in total. The van der Waals surface area contributed by atoms with Gasteiger partial charge in [-0.2, -0.15) is 0 Å². The van der Waals surface area contributed by atoms with Gasteiger partial charge in [0.2, 0.25) is 5.95 Å². The van der Waals surface area contributed by atoms with Crippen LogP contribution in [0.2, 0.25) is 0 Å². The summed E-state index contributed by atoms with van der Waals surface area (Å²) in [5.74, 6) is 0.584. The third-order valence-corrected chi connectivity index (χ3v) is 3.69. The van der Waals surface area contributed by atoms with Crippen molar-refractivity contribution in [2.75, 3.05) is 31.6 Å². The zero-order valence-corrected chi connectivity index (χ0v) is 11.0. The largest absolute Gasteiger partial charge is 0.379 e. The fourth-order valence-corrected chi connectivity index (χ4v) is 2.67. The van der Waals surface area contributed by atoms with Crippen LogP contribution in [0.4, 0.5) is 5.95 Å². The van der Waals surface area contributed by atoms with E-state index in [9.17, 15) is 4.79 Å². The molecule has 1 aromatic rings. The Morgan fingerprint density at radius 3 is 3.05 bits per heavy atom. The van der Waals surface area contributed by atoms with Crippen molar-refractivity contribution in [3.8, 4) is 0 Å². The van der Waals surface area contributed by atoms with Crippen LogP contribution in [0.1, 0.15) is 24.1 Å². The molecule has 0 amide bonds. The van der Waals surface area contributed by atoms with E-state index in [1.807, 2.05) is 0 Å². The van der Waals surface area contributed by atoms with Gasteiger partial charge in [0.25, 0.3) is 5.56 Å². The SMILES string of the molecule is O=c1[nH]c(NC2CCCOC2)nc2c1CCNCC2. The number of nitrogens with zero attached hydrogens (tertiary/aromatic N) is 1. The summed E-state index contributed by atoms with van der Waals surface area (Å²) in [5, 5.41) is 6.57. The molecule has 3 heterocycles. The van der Waals surface area contributed by atoms with Gasteiger partial charge < -0.3 is 15.4 Å². The number of hydrogen-bond donors (Lipinski definition) is 3. The van der Waals surface area contributed by atoms with Gasteiger partial charge in [0, 0.05) is 25.1 Å². The first-order valence-electron chi connectivity index (χ1n) is 7.00. The minimum Gasteiger partial charge on any atom is -0.379 e. The second-order valence-electron chi connectivity index (χ2n) is 5.15. The number of anilines is 1. The molecule has 6 heteroatoms. The number of fused-ring (bicyclic) bond motifs is 1. The molecule has 2 aliphatic heterocycles. The van der Waals surface area contributed by atoms with Crippen molar-refractivity contribution < 1.29 is 4.74 Å². The molecule has 19 heavy (non-hydrogen) atoms. The lowest BCUT2D eigenvalue weighted by Gasteiger charge is -2.23. The number of ether oxygens (including phenoxy) is 1. The lowest BCUT2D eigenvalue weighted by molar-refractivity contribution is 0.0874. The van der Waals surface area contributed by atoms with E-state index in [1.54, 1.807) is 0 Å². The molecule has 2 aliphatic rings. The van der Waals surface area contributed by atoms with E-state index in [4.69, 9.17) is 4.74 Å². The van der Waals surface area contributed by atoms with Crippen LogP contribution in [0.5, 0.6) is 0 Å². The van der Waals surface area contributed by atoms with Gasteiger partial charge >= 0.3 is 0 Å². The van der Waals surface area contributed by atoms with Crippen LogP contribution in [0.3, 0.4) is 0 Å². The van der Waals surface area contributed by atoms with E-state index in [0.29, 0.717) is 12.6 Å². The van der Waals surface area contributed by atoms with E-state index in [0.717, 1.165) is 56.6 Å². The number of hydrogen-bond acceptors (Lipinski definition) is 5. The Labute approximate surface area is 112 Å². The van der Waals surface area contributed by atoms with E-state index >= 15 is 0 Å². The summed E-state index contributed by atoms with van der Waals surface area (Å²) in [6, 6.07) is 0.249. The molecule has 0 aromatic carbocycles. The molecule has 1 saturated heterocycles. The number of rotatable bonds is 2. The zero-order valence-electron chi connectivity index (χ0n) is 11.0. The maximum atomic E-state index is 12.1. The standard InChI is InChI=1S/C13H20N4O2/c18-12-10-3-5-14-6-4-11(10)16-13(17-12)15-9-2-1-7-19-8-9/h9,14H,1-8H2,(H2,15,16,17,18). The summed E-state index contributed by atoms with van der Waals surface area (Å²) in [6.45, 7) is 3.25.